The van der Waals surface area contributed by atoms with E-state index in [0.29, 0.717) is 22.3 Å². The van der Waals surface area contributed by atoms with Crippen molar-refractivity contribution in [3.63, 3.8) is 0 Å². The first kappa shape index (κ1) is 8.43. The number of nitrogens with one attached hydrogen (secondary N) is 1. The van der Waals surface area contributed by atoms with Gasteiger partial charge in [-0.25, -0.2) is 9.97 Å². The first-order valence-corrected chi connectivity index (χ1v) is 3.65. The average molecular weight is 190 g/mol. The maximum atomic E-state index is 6.84. The maximum absolute atomic E-state index is 6.84. The van der Waals surface area contributed by atoms with Crippen molar-refractivity contribution in [2.75, 3.05) is 0 Å². The number of aromatic nitrogens is 2. The van der Waals surface area contributed by atoms with E-state index < -0.39 is 0 Å². The second-order valence-corrected chi connectivity index (χ2v) is 2.56. The summed E-state index contributed by atoms with van der Waals surface area (Å²) in [7, 11) is 0. The summed E-state index contributed by atoms with van der Waals surface area (Å²) in [5.41, 5.74) is 0.603. The molecule has 11 heavy (non-hydrogen) atoms. The predicted molar refractivity (Wildman–Crippen MR) is 44.5 cm³/mol. The Labute approximate surface area is 73.9 Å². The Balaban J connectivity index is 3.09. The van der Waals surface area contributed by atoms with E-state index in [1.54, 1.807) is 0 Å². The Bertz CT molecular complexity index is 254. The van der Waals surface area contributed by atoms with Crippen molar-refractivity contribution in [3.8, 4) is 0 Å². The largest absolute Gasteiger partial charge is 0.313 e. The Hall–Kier alpha value is -0.670. The molecule has 0 saturated heterocycles. The van der Waals surface area contributed by atoms with Gasteiger partial charge in [0, 0.05) is 12.0 Å². The van der Waals surface area contributed by atoms with Gasteiger partial charge in [-0.2, -0.15) is 0 Å². The van der Waals surface area contributed by atoms with E-state index in [2.05, 4.69) is 9.97 Å². The molecule has 0 saturated carbocycles. The standard InChI is InChI=1S/C6H5Cl2N3/c7-5-4(1-2-9)6(8)11-3-10-5/h2-3,9H,1H2. The van der Waals surface area contributed by atoms with Gasteiger partial charge in [0.1, 0.15) is 16.6 Å². The van der Waals surface area contributed by atoms with Crippen LogP contribution in [-0.2, 0) is 6.42 Å². The molecule has 1 heterocycles. The molecule has 1 aromatic rings. The van der Waals surface area contributed by atoms with Gasteiger partial charge in [-0.05, 0) is 6.21 Å². The van der Waals surface area contributed by atoms with Gasteiger partial charge in [-0.1, -0.05) is 23.2 Å². The maximum Gasteiger partial charge on any atom is 0.137 e. The second kappa shape index (κ2) is 3.64. The van der Waals surface area contributed by atoms with Gasteiger partial charge in [0.05, 0.1) is 0 Å². The minimum Gasteiger partial charge on any atom is -0.313 e. The van der Waals surface area contributed by atoms with Crippen LogP contribution in [0.5, 0.6) is 0 Å². The zero-order valence-electron chi connectivity index (χ0n) is 5.51. The highest BCUT2D eigenvalue weighted by molar-refractivity contribution is 6.34. The molecule has 0 unspecified atom stereocenters. The fourth-order valence-corrected chi connectivity index (χ4v) is 1.11. The summed E-state index contributed by atoms with van der Waals surface area (Å²) in [5.74, 6) is 0. The van der Waals surface area contributed by atoms with Crippen LogP contribution in [0.3, 0.4) is 0 Å². The molecule has 5 heteroatoms. The van der Waals surface area contributed by atoms with Crippen LogP contribution in [0.15, 0.2) is 6.33 Å². The number of hydrogen-bond donors (Lipinski definition) is 1. The molecule has 1 rings (SSSR count). The molecular formula is C6H5Cl2N3. The van der Waals surface area contributed by atoms with Crippen LogP contribution in [0.4, 0.5) is 0 Å². The van der Waals surface area contributed by atoms with Gasteiger partial charge in [0.2, 0.25) is 0 Å². The Morgan fingerprint density at radius 1 is 1.36 bits per heavy atom. The monoisotopic (exact) mass is 189 g/mol. The van der Waals surface area contributed by atoms with Crippen molar-refractivity contribution in [1.82, 2.24) is 9.97 Å². The summed E-state index contributed by atoms with van der Waals surface area (Å²) in [6.07, 6.45) is 2.87. The van der Waals surface area contributed by atoms with Gasteiger partial charge in [-0.15, -0.1) is 0 Å². The molecule has 58 valence electrons. The van der Waals surface area contributed by atoms with Crippen LogP contribution >= 0.6 is 23.2 Å². The lowest BCUT2D eigenvalue weighted by molar-refractivity contribution is 1.11. The highest BCUT2D eigenvalue weighted by atomic mass is 35.5. The molecule has 0 spiro atoms. The molecule has 0 amide bonds. The minimum atomic E-state index is 0.313. The fraction of sp³-hybridized carbons (Fsp3) is 0.167. The smallest absolute Gasteiger partial charge is 0.137 e. The SMILES string of the molecule is N=CCc1c(Cl)ncnc1Cl. The first-order chi connectivity index (χ1) is 5.25. The van der Waals surface area contributed by atoms with Gasteiger partial charge in [0.25, 0.3) is 0 Å². The van der Waals surface area contributed by atoms with E-state index in [-0.39, 0.29) is 0 Å². The van der Waals surface area contributed by atoms with Crippen LogP contribution < -0.4 is 0 Å². The summed E-state index contributed by atoms with van der Waals surface area (Å²) in [5, 5.41) is 7.46. The first-order valence-electron chi connectivity index (χ1n) is 2.89. The minimum absolute atomic E-state index is 0.313. The molecule has 0 bridgehead atoms. The molecule has 1 aromatic heterocycles. The van der Waals surface area contributed by atoms with Gasteiger partial charge >= 0.3 is 0 Å². The van der Waals surface area contributed by atoms with Crippen molar-refractivity contribution in [1.29, 1.82) is 5.41 Å². The summed E-state index contributed by atoms with van der Waals surface area (Å²) in [6, 6.07) is 0. The molecule has 0 atom stereocenters. The lowest BCUT2D eigenvalue weighted by Gasteiger charge is -1.99. The normalized spacial score (nSPS) is 9.64. The highest BCUT2D eigenvalue weighted by Crippen LogP contribution is 2.18. The number of hydrogen-bond acceptors (Lipinski definition) is 3. The third kappa shape index (κ3) is 1.88. The molecule has 0 aliphatic rings. The van der Waals surface area contributed by atoms with Crippen LogP contribution in [0.2, 0.25) is 10.3 Å². The summed E-state index contributed by atoms with van der Waals surface area (Å²) < 4.78 is 0. The van der Waals surface area contributed by atoms with E-state index >= 15 is 0 Å². The zero-order chi connectivity index (χ0) is 8.27. The van der Waals surface area contributed by atoms with E-state index in [1.807, 2.05) is 0 Å². The van der Waals surface area contributed by atoms with Crippen molar-refractivity contribution in [2.45, 2.75) is 6.42 Å². The lowest BCUT2D eigenvalue weighted by atomic mass is 10.3. The molecule has 0 aliphatic heterocycles. The van der Waals surface area contributed by atoms with Crippen LogP contribution in [0.25, 0.3) is 0 Å². The Morgan fingerprint density at radius 2 is 1.91 bits per heavy atom. The Morgan fingerprint density at radius 3 is 2.36 bits per heavy atom. The molecule has 0 aromatic carbocycles. The van der Waals surface area contributed by atoms with E-state index in [1.165, 1.54) is 12.5 Å². The fourth-order valence-electron chi connectivity index (χ4n) is 0.642. The predicted octanol–water partition coefficient (Wildman–Crippen LogP) is 1.98. The van der Waals surface area contributed by atoms with Crippen molar-refractivity contribution < 1.29 is 0 Å². The summed E-state index contributed by atoms with van der Waals surface area (Å²) in [4.78, 5) is 7.45. The average Bonchev–Trinajstić information content (AvgIpc) is 1.97. The molecule has 1 N–H and O–H groups in total. The van der Waals surface area contributed by atoms with E-state index in [0.717, 1.165) is 0 Å². The summed E-state index contributed by atoms with van der Waals surface area (Å²) >= 11 is 11.3. The van der Waals surface area contributed by atoms with Crippen LogP contribution in [0.1, 0.15) is 5.56 Å². The number of halogens is 2. The Kier molecular flexibility index (Phi) is 2.79. The molecule has 3 nitrogen and oxygen atoms in total. The van der Waals surface area contributed by atoms with E-state index in [4.69, 9.17) is 28.6 Å². The van der Waals surface area contributed by atoms with Crippen LogP contribution in [-0.4, -0.2) is 16.2 Å². The third-order valence-corrected chi connectivity index (χ3v) is 1.80. The molecule has 0 aliphatic carbocycles. The molecule has 0 radical (unpaired) electrons. The van der Waals surface area contributed by atoms with Gasteiger partial charge in [0.15, 0.2) is 0 Å². The highest BCUT2D eigenvalue weighted by Gasteiger charge is 2.05. The van der Waals surface area contributed by atoms with Crippen molar-refractivity contribution >= 4 is 29.4 Å². The van der Waals surface area contributed by atoms with Gasteiger partial charge < -0.3 is 5.41 Å². The molecular weight excluding hydrogens is 185 g/mol. The van der Waals surface area contributed by atoms with Crippen molar-refractivity contribution in [2.24, 2.45) is 0 Å². The quantitative estimate of drug-likeness (QED) is 0.572. The third-order valence-electron chi connectivity index (χ3n) is 1.15. The van der Waals surface area contributed by atoms with Crippen LogP contribution in [0, 0.1) is 5.41 Å². The zero-order valence-corrected chi connectivity index (χ0v) is 7.02. The number of nitrogens with zero attached hydrogens (tertiary/aromatic N) is 2. The van der Waals surface area contributed by atoms with Crippen molar-refractivity contribution in [3.05, 3.63) is 22.2 Å². The lowest BCUT2D eigenvalue weighted by Crippen LogP contribution is -1.93. The number of rotatable bonds is 2. The molecule has 0 fully saturated rings. The second-order valence-electron chi connectivity index (χ2n) is 1.84. The van der Waals surface area contributed by atoms with E-state index in [9.17, 15) is 0 Å². The van der Waals surface area contributed by atoms with Gasteiger partial charge in [-0.3, -0.25) is 0 Å². The topological polar surface area (TPSA) is 49.6 Å². The summed E-state index contributed by atoms with van der Waals surface area (Å²) in [6.45, 7) is 0.